The molecule has 0 saturated heterocycles. The largest absolute Gasteiger partial charge is 0.383 e. The molecule has 1 fully saturated rings. The average molecular weight is 287 g/mol. The topological polar surface area (TPSA) is 38.1 Å². The highest BCUT2D eigenvalue weighted by atomic mass is 79.9. The molecule has 1 aliphatic carbocycles. The predicted octanol–water partition coefficient (Wildman–Crippen LogP) is 3.23. The standard InChI is InChI=1S/C12H19BrN2O/c1-4-12(16,9-5-6-9)11-10(13)7-14-15(11)8(2)3/h7-9,16H,4-6H2,1-3H3. The number of rotatable bonds is 4. The number of hydrogen-bond donors (Lipinski definition) is 1. The van der Waals surface area contributed by atoms with E-state index in [1.165, 1.54) is 0 Å². The molecule has 1 unspecified atom stereocenters. The molecule has 2 rings (SSSR count). The van der Waals surface area contributed by atoms with Crippen molar-refractivity contribution in [1.29, 1.82) is 0 Å². The first-order valence-corrected chi connectivity index (χ1v) is 6.75. The first-order chi connectivity index (χ1) is 7.50. The fourth-order valence-electron chi connectivity index (χ4n) is 2.35. The van der Waals surface area contributed by atoms with E-state index in [9.17, 15) is 5.11 Å². The van der Waals surface area contributed by atoms with Crippen molar-refractivity contribution in [3.05, 3.63) is 16.4 Å². The van der Waals surface area contributed by atoms with Crippen LogP contribution in [0.1, 0.15) is 51.8 Å². The molecule has 90 valence electrons. The zero-order valence-electron chi connectivity index (χ0n) is 10.1. The monoisotopic (exact) mass is 286 g/mol. The molecule has 4 heteroatoms. The van der Waals surface area contributed by atoms with Crippen LogP contribution in [0.15, 0.2) is 10.7 Å². The smallest absolute Gasteiger partial charge is 0.110 e. The quantitative estimate of drug-likeness (QED) is 0.923. The third-order valence-corrected chi connectivity index (χ3v) is 4.02. The Labute approximate surface area is 105 Å². The van der Waals surface area contributed by atoms with Gasteiger partial charge in [0.2, 0.25) is 0 Å². The zero-order chi connectivity index (χ0) is 11.9. The Hall–Kier alpha value is -0.350. The van der Waals surface area contributed by atoms with Crippen LogP contribution in [0.5, 0.6) is 0 Å². The van der Waals surface area contributed by atoms with E-state index in [4.69, 9.17) is 0 Å². The van der Waals surface area contributed by atoms with Crippen LogP contribution in [0.4, 0.5) is 0 Å². The first-order valence-electron chi connectivity index (χ1n) is 5.96. The second-order valence-corrected chi connectivity index (χ2v) is 5.79. The zero-order valence-corrected chi connectivity index (χ0v) is 11.7. The Morgan fingerprint density at radius 1 is 1.62 bits per heavy atom. The molecule has 1 aromatic rings. The summed E-state index contributed by atoms with van der Waals surface area (Å²) < 4.78 is 2.86. The van der Waals surface area contributed by atoms with Crippen LogP contribution in [0.3, 0.4) is 0 Å². The Kier molecular flexibility index (Phi) is 3.14. The maximum Gasteiger partial charge on any atom is 0.110 e. The van der Waals surface area contributed by atoms with E-state index < -0.39 is 5.60 Å². The van der Waals surface area contributed by atoms with E-state index in [2.05, 4.69) is 34.9 Å². The van der Waals surface area contributed by atoms with E-state index in [1.807, 2.05) is 11.6 Å². The summed E-state index contributed by atoms with van der Waals surface area (Å²) in [5, 5.41) is 15.2. The van der Waals surface area contributed by atoms with Gasteiger partial charge >= 0.3 is 0 Å². The maximum absolute atomic E-state index is 10.8. The number of hydrogen-bond acceptors (Lipinski definition) is 2. The Morgan fingerprint density at radius 2 is 2.25 bits per heavy atom. The summed E-state index contributed by atoms with van der Waals surface area (Å²) in [5.41, 5.74) is 0.243. The molecule has 0 radical (unpaired) electrons. The van der Waals surface area contributed by atoms with Gasteiger partial charge in [-0.1, -0.05) is 6.92 Å². The van der Waals surface area contributed by atoms with Gasteiger partial charge in [-0.2, -0.15) is 5.10 Å². The van der Waals surface area contributed by atoms with E-state index in [0.29, 0.717) is 5.92 Å². The lowest BCUT2D eigenvalue weighted by molar-refractivity contribution is -0.00148. The number of aromatic nitrogens is 2. The van der Waals surface area contributed by atoms with Gasteiger partial charge < -0.3 is 5.11 Å². The van der Waals surface area contributed by atoms with Crippen molar-refractivity contribution in [2.75, 3.05) is 0 Å². The van der Waals surface area contributed by atoms with Crippen molar-refractivity contribution in [1.82, 2.24) is 9.78 Å². The third-order valence-electron chi connectivity index (χ3n) is 3.44. The van der Waals surface area contributed by atoms with E-state index in [-0.39, 0.29) is 6.04 Å². The molecule has 1 aliphatic rings. The Balaban J connectivity index is 2.48. The van der Waals surface area contributed by atoms with Gasteiger partial charge in [0.1, 0.15) is 5.60 Å². The molecule has 1 atom stereocenters. The minimum Gasteiger partial charge on any atom is -0.383 e. The van der Waals surface area contributed by atoms with Crippen molar-refractivity contribution in [2.24, 2.45) is 5.92 Å². The molecule has 1 saturated carbocycles. The van der Waals surface area contributed by atoms with Gasteiger partial charge in [0.05, 0.1) is 16.4 Å². The molecule has 0 aromatic carbocycles. The van der Waals surface area contributed by atoms with Crippen molar-refractivity contribution in [3.8, 4) is 0 Å². The average Bonchev–Trinajstić information content (AvgIpc) is 3.01. The number of aliphatic hydroxyl groups is 1. The van der Waals surface area contributed by atoms with Crippen LogP contribution < -0.4 is 0 Å². The molecule has 0 amide bonds. The lowest BCUT2D eigenvalue weighted by Gasteiger charge is -2.29. The summed E-state index contributed by atoms with van der Waals surface area (Å²) in [6.07, 6.45) is 4.78. The van der Waals surface area contributed by atoms with Crippen LogP contribution in [-0.4, -0.2) is 14.9 Å². The van der Waals surface area contributed by atoms with Crippen molar-refractivity contribution < 1.29 is 5.11 Å². The number of nitrogens with zero attached hydrogens (tertiary/aromatic N) is 2. The van der Waals surface area contributed by atoms with Gasteiger partial charge in [-0.25, -0.2) is 0 Å². The summed E-state index contributed by atoms with van der Waals surface area (Å²) in [5.74, 6) is 0.406. The highest BCUT2D eigenvalue weighted by Gasteiger charge is 2.47. The van der Waals surface area contributed by atoms with E-state index in [0.717, 1.165) is 29.4 Å². The normalized spacial score (nSPS) is 20.1. The summed E-state index contributed by atoms with van der Waals surface area (Å²) in [7, 11) is 0. The van der Waals surface area contributed by atoms with Crippen molar-refractivity contribution >= 4 is 15.9 Å². The third kappa shape index (κ3) is 1.82. The van der Waals surface area contributed by atoms with Crippen LogP contribution in [0, 0.1) is 5.92 Å². The summed E-state index contributed by atoms with van der Waals surface area (Å²) in [4.78, 5) is 0. The minimum absolute atomic E-state index is 0.276. The van der Waals surface area contributed by atoms with Gasteiger partial charge in [-0.05, 0) is 55.0 Å². The highest BCUT2D eigenvalue weighted by molar-refractivity contribution is 9.10. The minimum atomic E-state index is -0.709. The molecule has 1 heterocycles. The predicted molar refractivity (Wildman–Crippen MR) is 67.2 cm³/mol. The molecule has 0 aliphatic heterocycles. The first kappa shape index (κ1) is 12.1. The maximum atomic E-state index is 10.8. The molecular weight excluding hydrogens is 268 g/mol. The van der Waals surface area contributed by atoms with Gasteiger partial charge in [-0.3, -0.25) is 4.68 Å². The van der Waals surface area contributed by atoms with E-state index >= 15 is 0 Å². The fourth-order valence-corrected chi connectivity index (χ4v) is 2.96. The molecular formula is C12H19BrN2O. The molecule has 0 bridgehead atoms. The molecule has 1 aromatic heterocycles. The highest BCUT2D eigenvalue weighted by Crippen LogP contribution is 2.49. The summed E-state index contributed by atoms with van der Waals surface area (Å²) >= 11 is 3.51. The number of halogens is 1. The van der Waals surface area contributed by atoms with Crippen LogP contribution >= 0.6 is 15.9 Å². The van der Waals surface area contributed by atoms with Crippen molar-refractivity contribution in [2.45, 2.75) is 51.7 Å². The van der Waals surface area contributed by atoms with Gasteiger partial charge in [0.15, 0.2) is 0 Å². The van der Waals surface area contributed by atoms with Gasteiger partial charge in [-0.15, -0.1) is 0 Å². The summed E-state index contributed by atoms with van der Waals surface area (Å²) in [6.45, 7) is 6.22. The van der Waals surface area contributed by atoms with Crippen LogP contribution in [0.25, 0.3) is 0 Å². The lowest BCUT2D eigenvalue weighted by Crippen LogP contribution is -2.31. The second-order valence-electron chi connectivity index (χ2n) is 4.93. The SMILES string of the molecule is CCC(O)(c1c(Br)cnn1C(C)C)C1CC1. The second kappa shape index (κ2) is 4.15. The van der Waals surface area contributed by atoms with Crippen molar-refractivity contribution in [3.63, 3.8) is 0 Å². The van der Waals surface area contributed by atoms with Crippen LogP contribution in [-0.2, 0) is 5.60 Å². The Bertz CT molecular complexity index is 384. The van der Waals surface area contributed by atoms with Crippen LogP contribution in [0.2, 0.25) is 0 Å². The summed E-state index contributed by atoms with van der Waals surface area (Å²) in [6, 6.07) is 0.276. The Morgan fingerprint density at radius 3 is 2.69 bits per heavy atom. The molecule has 3 nitrogen and oxygen atoms in total. The molecule has 1 N–H and O–H groups in total. The van der Waals surface area contributed by atoms with E-state index in [1.54, 1.807) is 6.20 Å². The molecule has 0 spiro atoms. The fraction of sp³-hybridized carbons (Fsp3) is 0.750. The van der Waals surface area contributed by atoms with Gasteiger partial charge in [0.25, 0.3) is 0 Å². The van der Waals surface area contributed by atoms with Gasteiger partial charge in [0, 0.05) is 6.04 Å². The lowest BCUT2D eigenvalue weighted by atomic mass is 9.90. The molecule has 16 heavy (non-hydrogen) atoms.